The number of benzene rings is 4. The van der Waals surface area contributed by atoms with Crippen molar-refractivity contribution in [3.63, 3.8) is 0 Å². The molecule has 0 aromatic heterocycles. The second-order valence-electron chi connectivity index (χ2n) is 8.04. The van der Waals surface area contributed by atoms with Crippen molar-refractivity contribution in [2.24, 2.45) is 5.10 Å². The van der Waals surface area contributed by atoms with Gasteiger partial charge in [-0.25, -0.2) is 10.2 Å². The Balaban J connectivity index is 1.54. The fraction of sp³-hybridized carbons (Fsp3) is 0.103. The summed E-state index contributed by atoms with van der Waals surface area (Å²) in [6.07, 6.45) is 1.32. The molecule has 4 aromatic rings. The van der Waals surface area contributed by atoms with Crippen LogP contribution in [0.1, 0.15) is 15.9 Å². The molecule has 4 aromatic carbocycles. The summed E-state index contributed by atoms with van der Waals surface area (Å²) in [5.74, 6) is -0.968. The summed E-state index contributed by atoms with van der Waals surface area (Å²) in [4.78, 5) is 37.6. The van der Waals surface area contributed by atoms with E-state index in [4.69, 9.17) is 18.9 Å². The van der Waals surface area contributed by atoms with Crippen molar-refractivity contribution in [3.05, 3.63) is 90.0 Å². The number of methoxy groups -OCH3 is 3. The molecule has 4 rings (SSSR count). The molecule has 0 bridgehead atoms. The van der Waals surface area contributed by atoms with E-state index in [-0.39, 0.29) is 11.3 Å². The average molecular weight is 528 g/mol. The monoisotopic (exact) mass is 527 g/mol. The molecule has 0 fully saturated rings. The molecular formula is C29H25N3O7. The second kappa shape index (κ2) is 12.2. The third-order valence-electron chi connectivity index (χ3n) is 5.65. The van der Waals surface area contributed by atoms with Crippen LogP contribution in [0.2, 0.25) is 0 Å². The fourth-order valence-corrected chi connectivity index (χ4v) is 3.71. The number of fused-ring (bicyclic) bond motifs is 1. The van der Waals surface area contributed by atoms with Gasteiger partial charge in [0, 0.05) is 17.3 Å². The summed E-state index contributed by atoms with van der Waals surface area (Å²) < 4.78 is 21.3. The number of hydrogen-bond acceptors (Lipinski definition) is 8. The largest absolute Gasteiger partial charge is 0.497 e. The molecule has 10 heteroatoms. The molecule has 39 heavy (non-hydrogen) atoms. The van der Waals surface area contributed by atoms with E-state index in [1.54, 1.807) is 48.5 Å². The zero-order chi connectivity index (χ0) is 27.8. The second-order valence-corrected chi connectivity index (χ2v) is 8.04. The van der Waals surface area contributed by atoms with E-state index >= 15 is 0 Å². The Kier molecular flexibility index (Phi) is 8.37. The van der Waals surface area contributed by atoms with Crippen LogP contribution in [0.5, 0.6) is 23.0 Å². The molecule has 10 nitrogen and oxygen atoms in total. The van der Waals surface area contributed by atoms with E-state index in [2.05, 4.69) is 15.8 Å². The minimum absolute atomic E-state index is 0.201. The predicted octanol–water partition coefficient (Wildman–Crippen LogP) is 4.17. The van der Waals surface area contributed by atoms with E-state index in [0.29, 0.717) is 33.9 Å². The van der Waals surface area contributed by atoms with Crippen LogP contribution in [0, 0.1) is 0 Å². The van der Waals surface area contributed by atoms with Gasteiger partial charge in [0.25, 0.3) is 0 Å². The first-order chi connectivity index (χ1) is 18.9. The standard InChI is InChI=1S/C29H25N3O7/c1-36-21-9-6-8-20(16-21)31-27(33)28(34)32-30-17-23-22-10-5-4-7-18(22)11-13-24(23)39-29(35)19-12-14-25(37-2)26(15-19)38-3/h4-17H,1-3H3,(H,31,33)(H,32,34)/b30-17+. The van der Waals surface area contributed by atoms with Gasteiger partial charge < -0.3 is 24.3 Å². The molecule has 0 saturated carbocycles. The van der Waals surface area contributed by atoms with E-state index in [1.165, 1.54) is 33.6 Å². The molecule has 0 aliphatic rings. The van der Waals surface area contributed by atoms with Gasteiger partial charge in [-0.15, -0.1) is 0 Å². The van der Waals surface area contributed by atoms with Gasteiger partial charge in [-0.1, -0.05) is 36.4 Å². The van der Waals surface area contributed by atoms with Crippen molar-refractivity contribution in [1.82, 2.24) is 5.43 Å². The molecule has 0 saturated heterocycles. The van der Waals surface area contributed by atoms with Crippen molar-refractivity contribution < 1.29 is 33.3 Å². The van der Waals surface area contributed by atoms with Gasteiger partial charge in [-0.05, 0) is 47.2 Å². The quantitative estimate of drug-likeness (QED) is 0.116. The van der Waals surface area contributed by atoms with Crippen LogP contribution in [0.4, 0.5) is 5.69 Å². The number of hydrazone groups is 1. The van der Waals surface area contributed by atoms with Crippen molar-refractivity contribution in [1.29, 1.82) is 0 Å². The van der Waals surface area contributed by atoms with Crippen molar-refractivity contribution in [2.45, 2.75) is 0 Å². The zero-order valence-electron chi connectivity index (χ0n) is 21.4. The maximum absolute atomic E-state index is 13.0. The number of esters is 1. The van der Waals surface area contributed by atoms with Crippen LogP contribution in [0.25, 0.3) is 10.8 Å². The molecule has 0 atom stereocenters. The van der Waals surface area contributed by atoms with E-state index in [0.717, 1.165) is 5.39 Å². The van der Waals surface area contributed by atoms with Crippen LogP contribution in [-0.2, 0) is 9.59 Å². The summed E-state index contributed by atoms with van der Waals surface area (Å²) in [5.41, 5.74) is 3.25. The first-order valence-electron chi connectivity index (χ1n) is 11.7. The Morgan fingerprint density at radius 1 is 0.744 bits per heavy atom. The Bertz CT molecular complexity index is 1570. The highest BCUT2D eigenvalue weighted by Gasteiger charge is 2.17. The molecular weight excluding hydrogens is 502 g/mol. The molecule has 0 heterocycles. The normalized spacial score (nSPS) is 10.6. The number of ether oxygens (including phenoxy) is 4. The van der Waals surface area contributed by atoms with Gasteiger partial charge in [0.1, 0.15) is 11.5 Å². The Morgan fingerprint density at radius 2 is 1.51 bits per heavy atom. The smallest absolute Gasteiger partial charge is 0.343 e. The lowest BCUT2D eigenvalue weighted by Gasteiger charge is -2.12. The Labute approximate surface area is 224 Å². The molecule has 198 valence electrons. The lowest BCUT2D eigenvalue weighted by Crippen LogP contribution is -2.32. The summed E-state index contributed by atoms with van der Waals surface area (Å²) in [6.45, 7) is 0. The lowest BCUT2D eigenvalue weighted by atomic mass is 10.0. The Morgan fingerprint density at radius 3 is 2.28 bits per heavy atom. The van der Waals surface area contributed by atoms with Crippen LogP contribution in [-0.4, -0.2) is 45.3 Å². The van der Waals surface area contributed by atoms with Crippen LogP contribution >= 0.6 is 0 Å². The molecule has 0 aliphatic heterocycles. The van der Waals surface area contributed by atoms with Gasteiger partial charge in [-0.3, -0.25) is 9.59 Å². The highest BCUT2D eigenvalue weighted by Crippen LogP contribution is 2.30. The first-order valence-corrected chi connectivity index (χ1v) is 11.7. The number of carbonyl (C=O) groups is 3. The summed E-state index contributed by atoms with van der Waals surface area (Å²) >= 11 is 0. The highest BCUT2D eigenvalue weighted by atomic mass is 16.5. The van der Waals surface area contributed by atoms with Crippen molar-refractivity contribution in [2.75, 3.05) is 26.6 Å². The number of rotatable bonds is 8. The van der Waals surface area contributed by atoms with Gasteiger partial charge >= 0.3 is 17.8 Å². The first kappa shape index (κ1) is 26.7. The summed E-state index contributed by atoms with van der Waals surface area (Å²) in [7, 11) is 4.46. The van der Waals surface area contributed by atoms with E-state index in [1.807, 2.05) is 24.3 Å². The number of nitrogens with zero attached hydrogens (tertiary/aromatic N) is 1. The summed E-state index contributed by atoms with van der Waals surface area (Å²) in [6, 6.07) is 22.0. The molecule has 0 spiro atoms. The van der Waals surface area contributed by atoms with Crippen LogP contribution < -0.4 is 29.7 Å². The number of amides is 2. The highest BCUT2D eigenvalue weighted by molar-refractivity contribution is 6.39. The third kappa shape index (κ3) is 6.31. The molecule has 0 unspecified atom stereocenters. The maximum Gasteiger partial charge on any atom is 0.343 e. The predicted molar refractivity (Wildman–Crippen MR) is 146 cm³/mol. The molecule has 0 aliphatic carbocycles. The molecule has 2 amide bonds. The van der Waals surface area contributed by atoms with Gasteiger partial charge in [0.2, 0.25) is 0 Å². The van der Waals surface area contributed by atoms with E-state index < -0.39 is 17.8 Å². The SMILES string of the molecule is COc1cccc(NC(=O)C(=O)N/N=C/c2c(OC(=O)c3ccc(OC)c(OC)c3)ccc3ccccc23)c1. The van der Waals surface area contributed by atoms with Crippen LogP contribution in [0.3, 0.4) is 0 Å². The van der Waals surface area contributed by atoms with E-state index in [9.17, 15) is 14.4 Å². The molecule has 0 radical (unpaired) electrons. The van der Waals surface area contributed by atoms with Crippen molar-refractivity contribution >= 4 is 40.5 Å². The number of hydrogen-bond donors (Lipinski definition) is 2. The molecule has 2 N–H and O–H groups in total. The topological polar surface area (TPSA) is 125 Å². The Hall–Kier alpha value is -5.38. The van der Waals surface area contributed by atoms with Gasteiger partial charge in [0.05, 0.1) is 33.1 Å². The minimum Gasteiger partial charge on any atom is -0.497 e. The lowest BCUT2D eigenvalue weighted by molar-refractivity contribution is -0.136. The van der Waals surface area contributed by atoms with Gasteiger partial charge in [-0.2, -0.15) is 5.10 Å². The minimum atomic E-state index is -0.988. The van der Waals surface area contributed by atoms with Crippen LogP contribution in [0.15, 0.2) is 84.0 Å². The van der Waals surface area contributed by atoms with Crippen molar-refractivity contribution in [3.8, 4) is 23.0 Å². The maximum atomic E-state index is 13.0. The van der Waals surface area contributed by atoms with Gasteiger partial charge in [0.15, 0.2) is 11.5 Å². The average Bonchev–Trinajstić information content (AvgIpc) is 2.97. The number of anilines is 1. The number of nitrogens with one attached hydrogen (secondary N) is 2. The number of carbonyl (C=O) groups excluding carboxylic acids is 3. The fourth-order valence-electron chi connectivity index (χ4n) is 3.71. The zero-order valence-corrected chi connectivity index (χ0v) is 21.4. The summed E-state index contributed by atoms with van der Waals surface area (Å²) in [5, 5.41) is 7.99. The third-order valence-corrected chi connectivity index (χ3v) is 5.65.